The van der Waals surface area contributed by atoms with Gasteiger partial charge in [-0.3, -0.25) is 0 Å². The van der Waals surface area contributed by atoms with Crippen molar-refractivity contribution in [2.75, 3.05) is 0 Å². The van der Waals surface area contributed by atoms with Crippen LogP contribution in [0, 0.1) is 6.92 Å². The van der Waals surface area contributed by atoms with Crippen molar-refractivity contribution in [2.45, 2.75) is 20.3 Å². The predicted octanol–water partition coefficient (Wildman–Crippen LogP) is 2.21. The molecule has 0 spiro atoms. The van der Waals surface area contributed by atoms with Gasteiger partial charge in [0.05, 0.1) is 0 Å². The number of hydrogen-bond donors (Lipinski definition) is 0. The highest BCUT2D eigenvalue weighted by molar-refractivity contribution is 5.60. The Hall–Kier alpha value is -1.51. The normalized spacial score (nSPS) is 10.9. The Bertz CT molecular complexity index is 450. The second-order valence-corrected chi connectivity index (χ2v) is 2.98. The lowest BCUT2D eigenvalue weighted by Gasteiger charge is -2.03. The van der Waals surface area contributed by atoms with Crippen molar-refractivity contribution in [3.63, 3.8) is 0 Å². The molecule has 0 N–H and O–H groups in total. The fourth-order valence-electron chi connectivity index (χ4n) is 1.43. The van der Waals surface area contributed by atoms with E-state index in [0.717, 1.165) is 23.5 Å². The van der Waals surface area contributed by atoms with Crippen molar-refractivity contribution in [2.24, 2.45) is 0 Å². The van der Waals surface area contributed by atoms with E-state index in [2.05, 4.69) is 0 Å². The number of rotatable bonds is 1. The van der Waals surface area contributed by atoms with Gasteiger partial charge in [0.15, 0.2) is 5.76 Å². The molecule has 2 rings (SSSR count). The van der Waals surface area contributed by atoms with Crippen LogP contribution in [0.1, 0.15) is 18.4 Å². The highest BCUT2D eigenvalue weighted by Gasteiger charge is 2.15. The Balaban J connectivity index is 2.79. The molecule has 2 aliphatic heterocycles. The van der Waals surface area contributed by atoms with Crippen molar-refractivity contribution < 1.29 is 8.83 Å². The molecule has 2 aliphatic rings. The van der Waals surface area contributed by atoms with Crippen molar-refractivity contribution in [1.29, 1.82) is 0 Å². The molecular weight excluding hydrogens is 168 g/mol. The first-order valence-electron chi connectivity index (χ1n) is 4.24. The zero-order valence-electron chi connectivity index (χ0n) is 7.59. The summed E-state index contributed by atoms with van der Waals surface area (Å²) in [5.74, 6) is 2.11. The SMILES string of the molecule is CCc1oc(C)cc2cc(=O)oc1-2. The minimum absolute atomic E-state index is 0.314. The molecule has 0 fully saturated rings. The molecule has 0 unspecified atom stereocenters. The molecule has 3 heteroatoms. The average Bonchev–Trinajstić information content (AvgIpc) is 2.43. The maximum atomic E-state index is 11.0. The molecule has 68 valence electrons. The van der Waals surface area contributed by atoms with E-state index < -0.39 is 0 Å². The molecule has 0 aliphatic carbocycles. The van der Waals surface area contributed by atoms with Crippen LogP contribution in [-0.4, -0.2) is 0 Å². The number of aryl methyl sites for hydroxylation is 2. The lowest BCUT2D eigenvalue weighted by Crippen LogP contribution is -1.87. The van der Waals surface area contributed by atoms with Gasteiger partial charge in [-0.05, 0) is 13.0 Å². The summed E-state index contributed by atoms with van der Waals surface area (Å²) in [5.41, 5.74) is 0.510. The molecule has 0 aromatic rings. The van der Waals surface area contributed by atoms with Crippen LogP contribution >= 0.6 is 0 Å². The van der Waals surface area contributed by atoms with E-state index in [-0.39, 0.29) is 5.63 Å². The van der Waals surface area contributed by atoms with Gasteiger partial charge in [0.25, 0.3) is 0 Å². The van der Waals surface area contributed by atoms with Gasteiger partial charge in [0, 0.05) is 18.1 Å². The van der Waals surface area contributed by atoms with E-state index in [4.69, 9.17) is 8.83 Å². The highest BCUT2D eigenvalue weighted by Crippen LogP contribution is 2.26. The van der Waals surface area contributed by atoms with E-state index >= 15 is 0 Å². The maximum absolute atomic E-state index is 11.0. The monoisotopic (exact) mass is 178 g/mol. The first-order chi connectivity index (χ1) is 6.20. The second kappa shape index (κ2) is 2.76. The topological polar surface area (TPSA) is 43.4 Å². The molecule has 2 heterocycles. The Labute approximate surface area is 75.3 Å². The largest absolute Gasteiger partial charge is 0.462 e. The molecule has 0 aromatic carbocycles. The molecule has 0 amide bonds. The number of furan rings is 1. The van der Waals surface area contributed by atoms with Crippen LogP contribution in [0.2, 0.25) is 0 Å². The summed E-state index contributed by atoms with van der Waals surface area (Å²) in [6, 6.07) is 3.29. The van der Waals surface area contributed by atoms with Crippen LogP contribution in [0.4, 0.5) is 0 Å². The smallest absolute Gasteiger partial charge is 0.337 e. The first-order valence-corrected chi connectivity index (χ1v) is 4.24. The Morgan fingerprint density at radius 2 is 2.08 bits per heavy atom. The van der Waals surface area contributed by atoms with E-state index in [0.29, 0.717) is 5.76 Å². The number of fused-ring (bicyclic) bond motifs is 1. The molecule has 13 heavy (non-hydrogen) atoms. The van der Waals surface area contributed by atoms with Crippen LogP contribution in [0.15, 0.2) is 25.8 Å². The van der Waals surface area contributed by atoms with Gasteiger partial charge >= 0.3 is 5.63 Å². The van der Waals surface area contributed by atoms with Gasteiger partial charge in [0.2, 0.25) is 0 Å². The lowest BCUT2D eigenvalue weighted by molar-refractivity contribution is 0.438. The predicted molar refractivity (Wildman–Crippen MR) is 48.0 cm³/mol. The Kier molecular flexibility index (Phi) is 1.72. The molecule has 0 saturated heterocycles. The lowest BCUT2D eigenvalue weighted by atomic mass is 10.1. The third kappa shape index (κ3) is 1.26. The summed E-state index contributed by atoms with van der Waals surface area (Å²) in [6.07, 6.45) is 0.727. The van der Waals surface area contributed by atoms with E-state index in [9.17, 15) is 4.79 Å². The fraction of sp³-hybridized carbons (Fsp3) is 0.300. The fourth-order valence-corrected chi connectivity index (χ4v) is 1.43. The van der Waals surface area contributed by atoms with Gasteiger partial charge in [-0.2, -0.15) is 0 Å². The molecule has 0 aromatic heterocycles. The summed E-state index contributed by atoms with van der Waals surface area (Å²) in [7, 11) is 0. The quantitative estimate of drug-likeness (QED) is 0.672. The van der Waals surface area contributed by atoms with Crippen LogP contribution < -0.4 is 5.63 Å². The molecule has 0 saturated carbocycles. The minimum Gasteiger partial charge on any atom is -0.462 e. The van der Waals surface area contributed by atoms with Gasteiger partial charge < -0.3 is 8.83 Å². The van der Waals surface area contributed by atoms with E-state index in [1.165, 1.54) is 6.07 Å². The molecule has 0 atom stereocenters. The van der Waals surface area contributed by atoms with Crippen LogP contribution in [0.5, 0.6) is 0 Å². The summed E-state index contributed by atoms with van der Waals surface area (Å²) in [4.78, 5) is 11.0. The standard InChI is InChI=1S/C10H10O3/c1-3-8-10-7(4-6(2)12-8)5-9(11)13-10/h4-5H,3H2,1-2H3. The third-order valence-electron chi connectivity index (χ3n) is 1.96. The summed E-state index contributed by atoms with van der Waals surface area (Å²) in [5, 5.41) is 0. The average molecular weight is 178 g/mol. The van der Waals surface area contributed by atoms with Gasteiger partial charge in [-0.15, -0.1) is 0 Å². The van der Waals surface area contributed by atoms with Crippen LogP contribution in [0.3, 0.4) is 0 Å². The van der Waals surface area contributed by atoms with Crippen molar-refractivity contribution in [3.8, 4) is 11.3 Å². The zero-order valence-corrected chi connectivity index (χ0v) is 7.59. The van der Waals surface area contributed by atoms with Crippen molar-refractivity contribution >= 4 is 0 Å². The summed E-state index contributed by atoms with van der Waals surface area (Å²) < 4.78 is 10.4. The molecule has 0 bridgehead atoms. The Morgan fingerprint density at radius 3 is 2.77 bits per heavy atom. The number of hydrogen-bond acceptors (Lipinski definition) is 3. The van der Waals surface area contributed by atoms with E-state index in [1.807, 2.05) is 13.8 Å². The minimum atomic E-state index is -0.314. The van der Waals surface area contributed by atoms with Gasteiger partial charge in [-0.25, -0.2) is 4.79 Å². The Morgan fingerprint density at radius 1 is 1.31 bits per heavy atom. The van der Waals surface area contributed by atoms with Crippen molar-refractivity contribution in [1.82, 2.24) is 0 Å². The van der Waals surface area contributed by atoms with Gasteiger partial charge in [0.1, 0.15) is 11.5 Å². The highest BCUT2D eigenvalue weighted by atomic mass is 16.4. The maximum Gasteiger partial charge on any atom is 0.337 e. The third-order valence-corrected chi connectivity index (χ3v) is 1.96. The molecule has 3 nitrogen and oxygen atoms in total. The first kappa shape index (κ1) is 8.10. The van der Waals surface area contributed by atoms with E-state index in [1.54, 1.807) is 6.07 Å². The van der Waals surface area contributed by atoms with Crippen LogP contribution in [0.25, 0.3) is 11.3 Å². The molecular formula is C10H10O3. The van der Waals surface area contributed by atoms with Gasteiger partial charge in [-0.1, -0.05) is 6.92 Å². The van der Waals surface area contributed by atoms with Crippen molar-refractivity contribution in [3.05, 3.63) is 34.1 Å². The molecule has 0 radical (unpaired) electrons. The van der Waals surface area contributed by atoms with Crippen LogP contribution in [-0.2, 0) is 6.42 Å². The summed E-state index contributed by atoms with van der Waals surface area (Å²) >= 11 is 0. The summed E-state index contributed by atoms with van der Waals surface area (Å²) in [6.45, 7) is 3.82. The second-order valence-electron chi connectivity index (χ2n) is 2.98. The zero-order chi connectivity index (χ0) is 9.42.